The Labute approximate surface area is 126 Å². The third-order valence-electron chi connectivity index (χ3n) is 3.13. The highest BCUT2D eigenvalue weighted by Gasteiger charge is 2.20. The summed E-state index contributed by atoms with van der Waals surface area (Å²) in [4.78, 5) is 0. The Hall–Kier alpha value is -0.820. The van der Waals surface area contributed by atoms with E-state index in [1.165, 1.54) is 0 Å². The summed E-state index contributed by atoms with van der Waals surface area (Å²) in [6.45, 7) is 1.67. The molecule has 0 amide bonds. The van der Waals surface area contributed by atoms with Gasteiger partial charge in [0.05, 0.1) is 12.9 Å². The number of nitrogens with one attached hydrogen (secondary N) is 2. The van der Waals surface area contributed by atoms with Gasteiger partial charge in [-0.05, 0) is 37.1 Å². The van der Waals surface area contributed by atoms with Crippen molar-refractivity contribution in [2.75, 3.05) is 20.2 Å². The average molecular weight is 321 g/mol. The van der Waals surface area contributed by atoms with Gasteiger partial charge in [0.2, 0.25) is 10.0 Å². The summed E-state index contributed by atoms with van der Waals surface area (Å²) in [6.07, 6.45) is 1.90. The molecule has 114 valence electrons. The van der Waals surface area contributed by atoms with Gasteiger partial charge in [-0.2, -0.15) is 0 Å². The molecule has 1 aliphatic heterocycles. The Morgan fingerprint density at radius 1 is 1.45 bits per heavy atom. The normalized spacial score (nSPS) is 19.1. The van der Waals surface area contributed by atoms with Crippen LogP contribution in [0.1, 0.15) is 18.4 Å². The van der Waals surface area contributed by atoms with E-state index >= 15 is 0 Å². The van der Waals surface area contributed by atoms with E-state index in [1.54, 1.807) is 31.4 Å². The van der Waals surface area contributed by atoms with Gasteiger partial charge in [0.1, 0.15) is 5.75 Å². The molecule has 2 rings (SSSR count). The van der Waals surface area contributed by atoms with Crippen LogP contribution in [0.2, 0.25) is 0 Å². The van der Waals surface area contributed by atoms with E-state index in [0.717, 1.165) is 24.9 Å². The van der Waals surface area contributed by atoms with E-state index < -0.39 is 10.0 Å². The van der Waals surface area contributed by atoms with Gasteiger partial charge in [0.15, 0.2) is 0 Å². The Balaban J connectivity index is 0.00000200. The van der Waals surface area contributed by atoms with Crippen LogP contribution in [0.4, 0.5) is 0 Å². The first-order valence-electron chi connectivity index (χ1n) is 6.43. The third-order valence-corrected chi connectivity index (χ3v) is 4.54. The number of methoxy groups -OCH3 is 1. The fourth-order valence-corrected chi connectivity index (χ4v) is 3.64. The second kappa shape index (κ2) is 7.83. The number of sulfonamides is 1. The van der Waals surface area contributed by atoms with Crippen molar-refractivity contribution in [2.45, 2.75) is 24.6 Å². The molecule has 0 aromatic heterocycles. The summed E-state index contributed by atoms with van der Waals surface area (Å²) in [7, 11) is -1.74. The number of benzene rings is 1. The Bertz CT molecular complexity index is 516. The molecule has 1 atom stereocenters. The first-order chi connectivity index (χ1) is 9.09. The van der Waals surface area contributed by atoms with Crippen molar-refractivity contribution in [3.8, 4) is 5.75 Å². The van der Waals surface area contributed by atoms with Crippen molar-refractivity contribution >= 4 is 22.4 Å². The van der Waals surface area contributed by atoms with Gasteiger partial charge in [-0.25, -0.2) is 13.1 Å². The molecule has 0 aliphatic carbocycles. The average Bonchev–Trinajstić information content (AvgIpc) is 2.39. The van der Waals surface area contributed by atoms with Gasteiger partial charge in [-0.3, -0.25) is 0 Å². The molecule has 1 saturated heterocycles. The fraction of sp³-hybridized carbons (Fsp3) is 0.538. The SMILES string of the molecule is COc1cccc(CS(=O)(=O)NC2CCCNC2)c1.Cl. The quantitative estimate of drug-likeness (QED) is 0.858. The molecule has 20 heavy (non-hydrogen) atoms. The van der Waals surface area contributed by atoms with Crippen LogP contribution in [0.5, 0.6) is 5.75 Å². The zero-order chi connectivity index (χ0) is 13.7. The number of hydrogen-bond acceptors (Lipinski definition) is 4. The molecule has 0 radical (unpaired) electrons. The van der Waals surface area contributed by atoms with Crippen LogP contribution in [0.15, 0.2) is 24.3 Å². The first kappa shape index (κ1) is 17.2. The molecule has 1 heterocycles. The van der Waals surface area contributed by atoms with Crippen LogP contribution < -0.4 is 14.8 Å². The minimum atomic E-state index is -3.30. The van der Waals surface area contributed by atoms with Gasteiger partial charge in [0, 0.05) is 12.6 Å². The summed E-state index contributed by atoms with van der Waals surface area (Å²) in [5, 5.41) is 3.19. The van der Waals surface area contributed by atoms with Gasteiger partial charge in [-0.1, -0.05) is 12.1 Å². The van der Waals surface area contributed by atoms with Crippen LogP contribution in [0.3, 0.4) is 0 Å². The molecule has 1 aliphatic rings. The van der Waals surface area contributed by atoms with Crippen LogP contribution >= 0.6 is 12.4 Å². The predicted molar refractivity (Wildman–Crippen MR) is 81.9 cm³/mol. The van der Waals surface area contributed by atoms with E-state index in [0.29, 0.717) is 12.3 Å². The van der Waals surface area contributed by atoms with Gasteiger partial charge >= 0.3 is 0 Å². The zero-order valence-electron chi connectivity index (χ0n) is 11.5. The van der Waals surface area contributed by atoms with Crippen molar-refractivity contribution in [1.29, 1.82) is 0 Å². The van der Waals surface area contributed by atoms with Crippen molar-refractivity contribution in [1.82, 2.24) is 10.0 Å². The summed E-state index contributed by atoms with van der Waals surface area (Å²) >= 11 is 0. The maximum atomic E-state index is 12.1. The van der Waals surface area contributed by atoms with E-state index in [-0.39, 0.29) is 24.2 Å². The molecule has 1 unspecified atom stereocenters. The lowest BCUT2D eigenvalue weighted by atomic mass is 10.1. The zero-order valence-corrected chi connectivity index (χ0v) is 13.1. The smallest absolute Gasteiger partial charge is 0.216 e. The lowest BCUT2D eigenvalue weighted by molar-refractivity contribution is 0.414. The summed E-state index contributed by atoms with van der Waals surface area (Å²) < 4.78 is 32.0. The van der Waals surface area contributed by atoms with Crippen LogP contribution in [0.25, 0.3) is 0 Å². The number of halogens is 1. The largest absolute Gasteiger partial charge is 0.497 e. The molecule has 2 N–H and O–H groups in total. The minimum Gasteiger partial charge on any atom is -0.497 e. The highest BCUT2D eigenvalue weighted by molar-refractivity contribution is 7.88. The van der Waals surface area contributed by atoms with Crippen LogP contribution in [0, 0.1) is 0 Å². The van der Waals surface area contributed by atoms with Gasteiger partial charge < -0.3 is 10.1 Å². The molecular weight excluding hydrogens is 300 g/mol. The Morgan fingerprint density at radius 3 is 2.90 bits per heavy atom. The highest BCUT2D eigenvalue weighted by Crippen LogP contribution is 2.15. The molecule has 1 fully saturated rings. The second-order valence-corrected chi connectivity index (χ2v) is 6.53. The molecule has 0 saturated carbocycles. The fourth-order valence-electron chi connectivity index (χ4n) is 2.23. The summed E-state index contributed by atoms with van der Waals surface area (Å²) in [6, 6.07) is 7.14. The Kier molecular flexibility index (Phi) is 6.75. The number of rotatable bonds is 5. The van der Waals surface area contributed by atoms with Gasteiger partial charge in [0.25, 0.3) is 0 Å². The van der Waals surface area contributed by atoms with E-state index in [4.69, 9.17) is 4.74 Å². The number of hydrogen-bond donors (Lipinski definition) is 2. The van der Waals surface area contributed by atoms with Crippen molar-refractivity contribution in [3.63, 3.8) is 0 Å². The summed E-state index contributed by atoms with van der Waals surface area (Å²) in [5.41, 5.74) is 0.732. The predicted octanol–water partition coefficient (Wildman–Crippen LogP) is 1.29. The molecular formula is C13H21ClN2O3S. The Morgan fingerprint density at radius 2 is 2.25 bits per heavy atom. The van der Waals surface area contributed by atoms with E-state index in [1.807, 2.05) is 0 Å². The van der Waals surface area contributed by atoms with Crippen molar-refractivity contribution in [2.24, 2.45) is 0 Å². The molecule has 0 spiro atoms. The lowest BCUT2D eigenvalue weighted by Gasteiger charge is -2.23. The molecule has 5 nitrogen and oxygen atoms in total. The van der Waals surface area contributed by atoms with E-state index in [2.05, 4.69) is 10.0 Å². The molecule has 0 bridgehead atoms. The summed E-state index contributed by atoms with van der Waals surface area (Å²) in [5.74, 6) is 0.660. The topological polar surface area (TPSA) is 67.4 Å². The lowest BCUT2D eigenvalue weighted by Crippen LogP contribution is -2.45. The van der Waals surface area contributed by atoms with Crippen molar-refractivity contribution < 1.29 is 13.2 Å². The maximum absolute atomic E-state index is 12.1. The number of ether oxygens (including phenoxy) is 1. The van der Waals surface area contributed by atoms with Crippen LogP contribution in [-0.4, -0.2) is 34.7 Å². The minimum absolute atomic E-state index is 0. The highest BCUT2D eigenvalue weighted by atomic mass is 35.5. The molecule has 7 heteroatoms. The second-order valence-electron chi connectivity index (χ2n) is 4.77. The van der Waals surface area contributed by atoms with Crippen molar-refractivity contribution in [3.05, 3.63) is 29.8 Å². The van der Waals surface area contributed by atoms with E-state index in [9.17, 15) is 8.42 Å². The first-order valence-corrected chi connectivity index (χ1v) is 8.08. The maximum Gasteiger partial charge on any atom is 0.216 e. The van der Waals surface area contributed by atoms with Gasteiger partial charge in [-0.15, -0.1) is 12.4 Å². The third kappa shape index (κ3) is 5.28. The van der Waals surface area contributed by atoms with Crippen LogP contribution in [-0.2, 0) is 15.8 Å². The standard InChI is InChI=1S/C13H20N2O3S.ClH/c1-18-13-6-2-4-11(8-13)10-19(16,17)15-12-5-3-7-14-9-12;/h2,4,6,8,12,14-15H,3,5,7,9-10H2,1H3;1H. The molecule has 1 aromatic rings. The molecule has 1 aromatic carbocycles. The monoisotopic (exact) mass is 320 g/mol. The number of piperidine rings is 1.